The lowest BCUT2D eigenvalue weighted by atomic mass is 10.1. The van der Waals surface area contributed by atoms with Gasteiger partial charge in [-0.25, -0.2) is 0 Å². The van der Waals surface area contributed by atoms with Gasteiger partial charge in [-0.05, 0) is 34.0 Å². The molecule has 14 heavy (non-hydrogen) atoms. The second kappa shape index (κ2) is 4.75. The molecule has 0 saturated carbocycles. The number of amides is 1. The number of nitrogens with zero attached hydrogens (tertiary/aromatic N) is 2. The molecule has 0 aromatic heterocycles. The van der Waals surface area contributed by atoms with Crippen LogP contribution in [-0.4, -0.2) is 62.0 Å². The Labute approximate surface area is 86.2 Å². The van der Waals surface area contributed by atoms with E-state index in [4.69, 9.17) is 0 Å². The van der Waals surface area contributed by atoms with E-state index in [0.717, 1.165) is 19.5 Å². The molecule has 0 aromatic rings. The van der Waals surface area contributed by atoms with Crippen molar-refractivity contribution >= 4 is 5.91 Å². The van der Waals surface area contributed by atoms with Crippen molar-refractivity contribution in [1.29, 1.82) is 0 Å². The minimum absolute atomic E-state index is 0.0589. The molecule has 1 aliphatic heterocycles. The summed E-state index contributed by atoms with van der Waals surface area (Å²) in [6.07, 6.45) is 0.892. The molecule has 1 N–H and O–H groups in total. The van der Waals surface area contributed by atoms with Crippen LogP contribution < -0.4 is 5.32 Å². The Bertz CT molecular complexity index is 208. The predicted octanol–water partition coefficient (Wildman–Crippen LogP) is -0.243. The molecule has 0 aromatic carbocycles. The summed E-state index contributed by atoms with van der Waals surface area (Å²) in [5, 5.41) is 3.08. The zero-order chi connectivity index (χ0) is 10.7. The second-order valence-electron chi connectivity index (χ2n) is 4.15. The summed E-state index contributed by atoms with van der Waals surface area (Å²) in [5.74, 6) is 0.251. The Hall–Kier alpha value is -0.610. The van der Waals surface area contributed by atoms with Gasteiger partial charge in [0.05, 0.1) is 6.04 Å². The van der Waals surface area contributed by atoms with E-state index in [1.54, 1.807) is 0 Å². The van der Waals surface area contributed by atoms with Crippen LogP contribution in [0.2, 0.25) is 0 Å². The van der Waals surface area contributed by atoms with Crippen molar-refractivity contribution in [3.63, 3.8) is 0 Å². The number of piperazine rings is 1. The molecule has 1 amide bonds. The molecule has 2 unspecified atom stereocenters. The van der Waals surface area contributed by atoms with Gasteiger partial charge in [-0.15, -0.1) is 0 Å². The molecular weight excluding hydrogens is 178 g/mol. The van der Waals surface area contributed by atoms with Gasteiger partial charge in [0.2, 0.25) is 5.91 Å². The van der Waals surface area contributed by atoms with E-state index in [-0.39, 0.29) is 11.9 Å². The topological polar surface area (TPSA) is 35.6 Å². The van der Waals surface area contributed by atoms with Crippen LogP contribution in [0.5, 0.6) is 0 Å². The van der Waals surface area contributed by atoms with E-state index in [0.29, 0.717) is 6.04 Å². The molecule has 1 rings (SSSR count). The lowest BCUT2D eigenvalue weighted by Crippen LogP contribution is -2.58. The van der Waals surface area contributed by atoms with Gasteiger partial charge in [0, 0.05) is 19.6 Å². The maximum Gasteiger partial charge on any atom is 0.239 e. The van der Waals surface area contributed by atoms with Crippen LogP contribution in [0.4, 0.5) is 0 Å². The Morgan fingerprint density at radius 1 is 1.50 bits per heavy atom. The molecule has 82 valence electrons. The van der Waals surface area contributed by atoms with Crippen molar-refractivity contribution in [2.75, 3.05) is 34.2 Å². The van der Waals surface area contributed by atoms with Gasteiger partial charge in [0.25, 0.3) is 0 Å². The van der Waals surface area contributed by atoms with Crippen LogP contribution in [0, 0.1) is 0 Å². The molecule has 0 aliphatic carbocycles. The minimum Gasteiger partial charge on any atom is -0.340 e. The van der Waals surface area contributed by atoms with Crippen LogP contribution in [0.3, 0.4) is 0 Å². The van der Waals surface area contributed by atoms with Crippen molar-refractivity contribution in [3.05, 3.63) is 0 Å². The molecule has 0 spiro atoms. The number of carbonyl (C=O) groups excluding carboxylic acids is 1. The van der Waals surface area contributed by atoms with Crippen LogP contribution in [0.25, 0.3) is 0 Å². The number of likely N-dealkylation sites (N-methyl/N-ethyl adjacent to an activating group) is 2. The fourth-order valence-corrected chi connectivity index (χ4v) is 1.93. The highest BCUT2D eigenvalue weighted by Crippen LogP contribution is 2.15. The predicted molar refractivity (Wildman–Crippen MR) is 57.2 cm³/mol. The summed E-state index contributed by atoms with van der Waals surface area (Å²) >= 11 is 0. The summed E-state index contributed by atoms with van der Waals surface area (Å²) < 4.78 is 0. The van der Waals surface area contributed by atoms with Gasteiger partial charge in [0.1, 0.15) is 0 Å². The van der Waals surface area contributed by atoms with E-state index >= 15 is 0 Å². The molecular formula is C10H21N3O. The number of nitrogens with one attached hydrogen (secondary N) is 1. The largest absolute Gasteiger partial charge is 0.340 e. The molecule has 1 saturated heterocycles. The number of carbonyl (C=O) groups is 1. The van der Waals surface area contributed by atoms with E-state index in [1.165, 1.54) is 0 Å². The van der Waals surface area contributed by atoms with Crippen LogP contribution >= 0.6 is 0 Å². The zero-order valence-corrected chi connectivity index (χ0v) is 9.58. The van der Waals surface area contributed by atoms with E-state index in [2.05, 4.69) is 17.1 Å². The fourth-order valence-electron chi connectivity index (χ4n) is 1.93. The average molecular weight is 199 g/mol. The van der Waals surface area contributed by atoms with E-state index < -0.39 is 0 Å². The highest BCUT2D eigenvalue weighted by molar-refractivity contribution is 5.82. The molecule has 1 aliphatic rings. The third-order valence-corrected chi connectivity index (χ3v) is 3.05. The van der Waals surface area contributed by atoms with Gasteiger partial charge in [-0.1, -0.05) is 0 Å². The zero-order valence-electron chi connectivity index (χ0n) is 9.58. The number of rotatable bonds is 3. The van der Waals surface area contributed by atoms with Gasteiger partial charge < -0.3 is 10.2 Å². The standard InChI is InChI=1S/C10H21N3O/c1-8-7-12(3)9(5-6-11-2)10(14)13(8)4/h8-9,11H,5-7H2,1-4H3. The van der Waals surface area contributed by atoms with Crippen LogP contribution in [0.15, 0.2) is 0 Å². The third-order valence-electron chi connectivity index (χ3n) is 3.05. The monoisotopic (exact) mass is 199 g/mol. The van der Waals surface area contributed by atoms with Crippen molar-refractivity contribution < 1.29 is 4.79 Å². The second-order valence-corrected chi connectivity index (χ2v) is 4.15. The lowest BCUT2D eigenvalue weighted by Gasteiger charge is -2.41. The highest BCUT2D eigenvalue weighted by Gasteiger charge is 2.33. The Balaban J connectivity index is 2.59. The summed E-state index contributed by atoms with van der Waals surface area (Å²) in [5.41, 5.74) is 0. The van der Waals surface area contributed by atoms with Gasteiger partial charge in [-0.2, -0.15) is 0 Å². The molecule has 1 fully saturated rings. The maximum absolute atomic E-state index is 11.9. The fraction of sp³-hybridized carbons (Fsp3) is 0.900. The summed E-state index contributed by atoms with van der Waals surface area (Å²) in [4.78, 5) is 15.9. The third kappa shape index (κ3) is 2.25. The Kier molecular flexibility index (Phi) is 3.89. The van der Waals surface area contributed by atoms with Gasteiger partial charge in [0.15, 0.2) is 0 Å². The van der Waals surface area contributed by atoms with Crippen molar-refractivity contribution in [2.24, 2.45) is 0 Å². The van der Waals surface area contributed by atoms with E-state index in [9.17, 15) is 4.79 Å². The number of hydrogen-bond acceptors (Lipinski definition) is 3. The Morgan fingerprint density at radius 2 is 2.14 bits per heavy atom. The SMILES string of the molecule is CNCCC1C(=O)N(C)C(C)CN1C. The Morgan fingerprint density at radius 3 is 2.71 bits per heavy atom. The van der Waals surface area contributed by atoms with Gasteiger partial charge in [-0.3, -0.25) is 9.69 Å². The van der Waals surface area contributed by atoms with Crippen molar-refractivity contribution in [1.82, 2.24) is 15.1 Å². The van der Waals surface area contributed by atoms with Gasteiger partial charge >= 0.3 is 0 Å². The lowest BCUT2D eigenvalue weighted by molar-refractivity contribution is -0.142. The maximum atomic E-state index is 11.9. The molecule has 2 atom stereocenters. The normalized spacial score (nSPS) is 29.7. The van der Waals surface area contributed by atoms with Crippen LogP contribution in [0.1, 0.15) is 13.3 Å². The summed E-state index contributed by atoms with van der Waals surface area (Å²) in [6.45, 7) is 3.95. The van der Waals surface area contributed by atoms with Crippen molar-refractivity contribution in [3.8, 4) is 0 Å². The smallest absolute Gasteiger partial charge is 0.239 e. The average Bonchev–Trinajstić information content (AvgIpc) is 2.14. The number of hydrogen-bond donors (Lipinski definition) is 1. The summed E-state index contributed by atoms with van der Waals surface area (Å²) in [7, 11) is 5.84. The minimum atomic E-state index is 0.0589. The molecule has 4 nitrogen and oxygen atoms in total. The highest BCUT2D eigenvalue weighted by atomic mass is 16.2. The molecule has 4 heteroatoms. The first kappa shape index (κ1) is 11.5. The van der Waals surface area contributed by atoms with E-state index in [1.807, 2.05) is 26.0 Å². The first-order valence-corrected chi connectivity index (χ1v) is 5.19. The van der Waals surface area contributed by atoms with Crippen molar-refractivity contribution in [2.45, 2.75) is 25.4 Å². The first-order chi connectivity index (χ1) is 6.57. The first-order valence-electron chi connectivity index (χ1n) is 5.19. The summed E-state index contributed by atoms with van der Waals surface area (Å²) in [6, 6.07) is 0.391. The molecule has 1 heterocycles. The molecule has 0 radical (unpaired) electrons. The molecule has 0 bridgehead atoms. The quantitative estimate of drug-likeness (QED) is 0.681. The van der Waals surface area contributed by atoms with Crippen LogP contribution in [-0.2, 0) is 4.79 Å².